The molecule has 0 heterocycles. The van der Waals surface area contributed by atoms with Crippen molar-refractivity contribution in [1.82, 2.24) is 5.32 Å². The van der Waals surface area contributed by atoms with Gasteiger partial charge in [-0.25, -0.2) is 4.79 Å². The Morgan fingerprint density at radius 2 is 1.65 bits per heavy atom. The van der Waals surface area contributed by atoms with Crippen LogP contribution in [0.15, 0.2) is 24.3 Å². The first-order chi connectivity index (χ1) is 11.0. The lowest BCUT2D eigenvalue weighted by molar-refractivity contribution is -0.145. The van der Waals surface area contributed by atoms with Gasteiger partial charge >= 0.3 is 5.97 Å². The fraction of sp³-hybridized carbons (Fsp3) is 0.579. The van der Waals surface area contributed by atoms with Crippen molar-refractivity contribution in [2.24, 2.45) is 0 Å². The van der Waals surface area contributed by atoms with Crippen LogP contribution < -0.4 is 5.32 Å². The average molecular weight is 319 g/mol. The Morgan fingerprint density at radius 1 is 1.04 bits per heavy atom. The first-order valence-corrected chi connectivity index (χ1v) is 8.58. The molecule has 4 heteroatoms. The summed E-state index contributed by atoms with van der Waals surface area (Å²) < 4.78 is 5.21. The second kappa shape index (κ2) is 10.8. The third kappa shape index (κ3) is 7.82. The first kappa shape index (κ1) is 19.2. The number of hydrogen-bond donors (Lipinski definition) is 1. The molecule has 0 bridgehead atoms. The number of esters is 1. The molecule has 0 unspecified atom stereocenters. The molecule has 128 valence electrons. The number of carbonyl (C=O) groups is 2. The van der Waals surface area contributed by atoms with Crippen LogP contribution in [0.4, 0.5) is 0 Å². The van der Waals surface area contributed by atoms with Gasteiger partial charge in [0.15, 0.2) is 0 Å². The Labute approximate surface area is 139 Å². The highest BCUT2D eigenvalue weighted by Gasteiger charge is 2.17. The number of hydrogen-bond acceptors (Lipinski definition) is 3. The van der Waals surface area contributed by atoms with Crippen LogP contribution >= 0.6 is 0 Å². The van der Waals surface area contributed by atoms with Gasteiger partial charge in [0.2, 0.25) is 0 Å². The predicted octanol–water partition coefficient (Wildman–Crippen LogP) is 4.02. The van der Waals surface area contributed by atoms with Crippen LogP contribution in [0, 0.1) is 6.92 Å². The molecule has 0 aliphatic rings. The monoisotopic (exact) mass is 319 g/mol. The Bertz CT molecular complexity index is 482. The summed E-state index contributed by atoms with van der Waals surface area (Å²) in [5.74, 6) is -0.631. The van der Waals surface area contributed by atoms with E-state index in [1.807, 2.05) is 19.1 Å². The number of rotatable bonds is 10. The number of unbranched alkanes of at least 4 members (excludes halogenated alkanes) is 5. The third-order valence-corrected chi connectivity index (χ3v) is 3.76. The second-order valence-corrected chi connectivity index (χ2v) is 6.00. The molecule has 23 heavy (non-hydrogen) atoms. The Morgan fingerprint density at radius 3 is 2.30 bits per heavy atom. The third-order valence-electron chi connectivity index (χ3n) is 3.76. The van der Waals surface area contributed by atoms with Crippen LogP contribution in [0.5, 0.6) is 0 Å². The molecule has 0 saturated heterocycles. The SMILES string of the molecule is CCCCCCCCOC(=O)[C@H](C)NC(=O)c1ccc(C)cc1. The molecule has 0 radical (unpaired) electrons. The van der Waals surface area contributed by atoms with Crippen molar-refractivity contribution >= 4 is 11.9 Å². The van der Waals surface area contributed by atoms with Crippen molar-refractivity contribution in [2.45, 2.75) is 65.3 Å². The zero-order valence-electron chi connectivity index (χ0n) is 14.6. The van der Waals surface area contributed by atoms with Crippen molar-refractivity contribution in [3.8, 4) is 0 Å². The van der Waals surface area contributed by atoms with E-state index in [9.17, 15) is 9.59 Å². The lowest BCUT2D eigenvalue weighted by atomic mass is 10.1. The summed E-state index contributed by atoms with van der Waals surface area (Å²) in [6.45, 7) is 6.23. The molecule has 1 aromatic rings. The lowest BCUT2D eigenvalue weighted by Crippen LogP contribution is -2.39. The fourth-order valence-corrected chi connectivity index (χ4v) is 2.22. The summed E-state index contributed by atoms with van der Waals surface area (Å²) in [6, 6.07) is 6.61. The number of carbonyl (C=O) groups excluding carboxylic acids is 2. The zero-order valence-corrected chi connectivity index (χ0v) is 14.6. The van der Waals surface area contributed by atoms with Crippen molar-refractivity contribution in [3.05, 3.63) is 35.4 Å². The van der Waals surface area contributed by atoms with Crippen LogP contribution in [0.2, 0.25) is 0 Å². The summed E-state index contributed by atoms with van der Waals surface area (Å²) in [4.78, 5) is 23.9. The molecule has 0 aliphatic heterocycles. The fourth-order valence-electron chi connectivity index (χ4n) is 2.22. The highest BCUT2D eigenvalue weighted by Crippen LogP contribution is 2.06. The van der Waals surface area contributed by atoms with Gasteiger partial charge in [0, 0.05) is 5.56 Å². The van der Waals surface area contributed by atoms with Crippen LogP contribution in [0.1, 0.15) is 68.3 Å². The highest BCUT2D eigenvalue weighted by atomic mass is 16.5. The number of benzene rings is 1. The van der Waals surface area contributed by atoms with Crippen LogP contribution in [0.3, 0.4) is 0 Å². The second-order valence-electron chi connectivity index (χ2n) is 6.00. The smallest absolute Gasteiger partial charge is 0.328 e. The largest absolute Gasteiger partial charge is 0.464 e. The topological polar surface area (TPSA) is 55.4 Å². The lowest BCUT2D eigenvalue weighted by Gasteiger charge is -2.13. The molecular weight excluding hydrogens is 290 g/mol. The molecule has 4 nitrogen and oxygen atoms in total. The van der Waals surface area contributed by atoms with Gasteiger partial charge in [0.25, 0.3) is 5.91 Å². The summed E-state index contributed by atoms with van der Waals surface area (Å²) >= 11 is 0. The highest BCUT2D eigenvalue weighted by molar-refractivity contribution is 5.96. The van der Waals surface area contributed by atoms with Gasteiger partial charge in [-0.2, -0.15) is 0 Å². The molecule has 1 aromatic carbocycles. The molecule has 0 aliphatic carbocycles. The molecule has 1 N–H and O–H groups in total. The van der Waals surface area contributed by atoms with Crippen molar-refractivity contribution in [3.63, 3.8) is 0 Å². The first-order valence-electron chi connectivity index (χ1n) is 8.58. The minimum Gasteiger partial charge on any atom is -0.464 e. The molecule has 0 spiro atoms. The molecule has 0 aromatic heterocycles. The Balaban J connectivity index is 2.23. The van der Waals surface area contributed by atoms with E-state index in [4.69, 9.17) is 4.74 Å². The standard InChI is InChI=1S/C19H29NO3/c1-4-5-6-7-8-9-14-23-19(22)16(3)20-18(21)17-12-10-15(2)11-13-17/h10-13,16H,4-9,14H2,1-3H3,(H,20,21)/t16-/m0/s1. The van der Waals surface area contributed by atoms with Gasteiger partial charge in [-0.1, -0.05) is 56.7 Å². The van der Waals surface area contributed by atoms with E-state index in [0.29, 0.717) is 12.2 Å². The van der Waals surface area contributed by atoms with Gasteiger partial charge in [-0.05, 0) is 32.4 Å². The predicted molar refractivity (Wildman–Crippen MR) is 92.4 cm³/mol. The number of aryl methyl sites for hydroxylation is 1. The van der Waals surface area contributed by atoms with Gasteiger partial charge in [0.1, 0.15) is 6.04 Å². The van der Waals surface area contributed by atoms with Crippen molar-refractivity contribution < 1.29 is 14.3 Å². The van der Waals surface area contributed by atoms with Crippen LogP contribution in [-0.2, 0) is 9.53 Å². The maximum absolute atomic E-state index is 12.0. The maximum Gasteiger partial charge on any atom is 0.328 e. The minimum atomic E-state index is -0.635. The number of amides is 1. The van der Waals surface area contributed by atoms with Gasteiger partial charge in [0.05, 0.1) is 6.61 Å². The molecular formula is C19H29NO3. The Kier molecular flexibility index (Phi) is 9.03. The van der Waals surface area contributed by atoms with E-state index in [2.05, 4.69) is 12.2 Å². The summed E-state index contributed by atoms with van der Waals surface area (Å²) in [5, 5.41) is 2.67. The average Bonchev–Trinajstić information content (AvgIpc) is 2.54. The molecule has 1 rings (SSSR count). The van der Waals surface area contributed by atoms with Gasteiger partial charge < -0.3 is 10.1 Å². The van der Waals surface area contributed by atoms with E-state index in [1.54, 1.807) is 19.1 Å². The molecule has 1 atom stereocenters. The molecule has 0 fully saturated rings. The summed E-state index contributed by atoms with van der Waals surface area (Å²) in [5.41, 5.74) is 1.64. The van der Waals surface area contributed by atoms with Gasteiger partial charge in [-0.3, -0.25) is 4.79 Å². The van der Waals surface area contributed by atoms with E-state index in [0.717, 1.165) is 18.4 Å². The molecule has 1 amide bonds. The summed E-state index contributed by atoms with van der Waals surface area (Å²) in [6.07, 6.45) is 6.89. The maximum atomic E-state index is 12.0. The van der Waals surface area contributed by atoms with Crippen molar-refractivity contribution in [1.29, 1.82) is 0 Å². The van der Waals surface area contributed by atoms with Crippen LogP contribution in [-0.4, -0.2) is 24.5 Å². The zero-order chi connectivity index (χ0) is 17.1. The minimum absolute atomic E-state index is 0.256. The van der Waals surface area contributed by atoms with E-state index in [-0.39, 0.29) is 11.9 Å². The van der Waals surface area contributed by atoms with E-state index in [1.165, 1.54) is 25.7 Å². The van der Waals surface area contributed by atoms with Gasteiger partial charge in [-0.15, -0.1) is 0 Å². The van der Waals surface area contributed by atoms with Crippen LogP contribution in [0.25, 0.3) is 0 Å². The van der Waals surface area contributed by atoms with E-state index >= 15 is 0 Å². The quantitative estimate of drug-likeness (QED) is 0.523. The number of ether oxygens (including phenoxy) is 1. The summed E-state index contributed by atoms with van der Waals surface area (Å²) in [7, 11) is 0. The Hall–Kier alpha value is -1.84. The number of nitrogens with one attached hydrogen (secondary N) is 1. The van der Waals surface area contributed by atoms with E-state index < -0.39 is 6.04 Å². The normalized spacial score (nSPS) is 11.8. The molecule has 0 saturated carbocycles. The van der Waals surface area contributed by atoms with Crippen molar-refractivity contribution in [2.75, 3.05) is 6.61 Å².